The van der Waals surface area contributed by atoms with Crippen LogP contribution in [0.15, 0.2) is 65.7 Å². The van der Waals surface area contributed by atoms with Crippen molar-refractivity contribution in [3.05, 3.63) is 76.8 Å². The van der Waals surface area contributed by atoms with Crippen molar-refractivity contribution in [2.24, 2.45) is 4.99 Å². The van der Waals surface area contributed by atoms with E-state index < -0.39 is 0 Å². The highest BCUT2D eigenvalue weighted by atomic mass is 127. The largest absolute Gasteiger partial charge is 0.364 e. The van der Waals surface area contributed by atoms with Gasteiger partial charge in [0, 0.05) is 43.9 Å². The molecule has 2 N–H and O–H groups in total. The van der Waals surface area contributed by atoms with E-state index in [0.29, 0.717) is 6.54 Å². The summed E-state index contributed by atoms with van der Waals surface area (Å²) in [5.41, 5.74) is 3.65. The summed E-state index contributed by atoms with van der Waals surface area (Å²) in [6.45, 7) is 3.44. The molecular weight excluding hydrogens is 459 g/mol. The molecule has 0 fully saturated rings. The van der Waals surface area contributed by atoms with Gasteiger partial charge in [-0.3, -0.25) is 4.99 Å². The van der Waals surface area contributed by atoms with Crippen LogP contribution in [0, 0.1) is 0 Å². The molecule has 2 aromatic rings. The molecule has 26 heavy (non-hydrogen) atoms. The van der Waals surface area contributed by atoms with Gasteiger partial charge in [0.1, 0.15) is 0 Å². The van der Waals surface area contributed by atoms with E-state index in [2.05, 4.69) is 56.9 Å². The molecule has 0 radical (unpaired) electrons. The van der Waals surface area contributed by atoms with Crippen molar-refractivity contribution < 1.29 is 0 Å². The Hall–Kier alpha value is -1.73. The molecule has 0 bridgehead atoms. The first-order valence-electron chi connectivity index (χ1n) is 8.42. The summed E-state index contributed by atoms with van der Waals surface area (Å²) >= 11 is 5.91. The Labute approximate surface area is 177 Å². The summed E-state index contributed by atoms with van der Waals surface area (Å²) in [4.78, 5) is 6.61. The Kier molecular flexibility index (Phi) is 8.25. The second-order valence-corrected chi connectivity index (χ2v) is 6.39. The van der Waals surface area contributed by atoms with Crippen molar-refractivity contribution in [2.45, 2.75) is 13.1 Å². The highest BCUT2D eigenvalue weighted by Crippen LogP contribution is 2.17. The summed E-state index contributed by atoms with van der Waals surface area (Å²) in [5.74, 6) is 0.780. The van der Waals surface area contributed by atoms with Crippen molar-refractivity contribution in [3.8, 4) is 0 Å². The fraction of sp³-hybridized carbons (Fsp3) is 0.250. The van der Waals surface area contributed by atoms with Gasteiger partial charge in [0.15, 0.2) is 5.96 Å². The molecule has 4 nitrogen and oxygen atoms in total. The molecule has 1 aliphatic rings. The van der Waals surface area contributed by atoms with E-state index >= 15 is 0 Å². The molecule has 1 heterocycles. The van der Waals surface area contributed by atoms with Gasteiger partial charge in [-0.25, -0.2) is 0 Å². The topological polar surface area (TPSA) is 39.7 Å². The zero-order valence-corrected chi connectivity index (χ0v) is 17.9. The normalized spacial score (nSPS) is 13.5. The molecule has 0 aliphatic carbocycles. The Morgan fingerprint density at radius 2 is 1.42 bits per heavy atom. The first-order valence-corrected chi connectivity index (χ1v) is 8.80. The number of anilines is 1. The predicted octanol–water partition coefficient (Wildman–Crippen LogP) is 4.20. The minimum atomic E-state index is 0. The third-order valence-electron chi connectivity index (χ3n) is 4.18. The molecule has 0 unspecified atom stereocenters. The lowest BCUT2D eigenvalue weighted by Gasteiger charge is -2.18. The molecule has 0 aromatic heterocycles. The Morgan fingerprint density at radius 1 is 0.923 bits per heavy atom. The summed E-state index contributed by atoms with van der Waals surface area (Å²) in [5, 5.41) is 7.40. The van der Waals surface area contributed by atoms with Crippen molar-refractivity contribution >= 4 is 47.2 Å². The summed E-state index contributed by atoms with van der Waals surface area (Å²) < 4.78 is 0. The number of guanidine groups is 1. The number of halogens is 2. The van der Waals surface area contributed by atoms with Gasteiger partial charge in [-0.1, -0.05) is 48.0 Å². The standard InChI is InChI=1S/C20H23ClN4.HI/c1-22-20(23-14-16-4-8-18(21)9-5-16)24-15-17-6-10-19(11-7-17)25-12-2-3-13-25;/h2-11H,12-15H2,1H3,(H2,22,23,24);1H. The predicted molar refractivity (Wildman–Crippen MR) is 122 cm³/mol. The van der Waals surface area contributed by atoms with Crippen LogP contribution in [0.2, 0.25) is 5.02 Å². The van der Waals surface area contributed by atoms with E-state index in [9.17, 15) is 0 Å². The Bertz CT molecular complexity index is 733. The summed E-state index contributed by atoms with van der Waals surface area (Å²) in [7, 11) is 1.78. The first-order chi connectivity index (χ1) is 12.2. The highest BCUT2D eigenvalue weighted by Gasteiger charge is 2.07. The van der Waals surface area contributed by atoms with Gasteiger partial charge >= 0.3 is 0 Å². The van der Waals surface area contributed by atoms with Crippen LogP contribution in [0.4, 0.5) is 5.69 Å². The quantitative estimate of drug-likeness (QED) is 0.290. The van der Waals surface area contributed by atoms with Crippen LogP contribution in [0.1, 0.15) is 11.1 Å². The van der Waals surface area contributed by atoms with Crippen molar-refractivity contribution in [1.82, 2.24) is 10.6 Å². The number of aliphatic imine (C=N–C) groups is 1. The third kappa shape index (κ3) is 5.92. The Balaban J connectivity index is 0.00000243. The van der Waals surface area contributed by atoms with Gasteiger partial charge in [0.05, 0.1) is 0 Å². The number of hydrogen-bond donors (Lipinski definition) is 2. The van der Waals surface area contributed by atoms with Crippen molar-refractivity contribution in [2.75, 3.05) is 25.0 Å². The van der Waals surface area contributed by atoms with Gasteiger partial charge in [-0.15, -0.1) is 24.0 Å². The van der Waals surface area contributed by atoms with Crippen LogP contribution < -0.4 is 15.5 Å². The summed E-state index contributed by atoms with van der Waals surface area (Å²) in [6, 6.07) is 16.5. The number of rotatable bonds is 5. The molecule has 138 valence electrons. The molecule has 0 saturated heterocycles. The SMILES string of the molecule is CN=C(NCc1ccc(Cl)cc1)NCc1ccc(N2CC=CC2)cc1.I. The van der Waals surface area contributed by atoms with E-state index in [-0.39, 0.29) is 24.0 Å². The minimum Gasteiger partial charge on any atom is -0.364 e. The van der Waals surface area contributed by atoms with E-state index in [1.807, 2.05) is 24.3 Å². The molecular formula is C20H24ClIN4. The number of nitrogens with zero attached hydrogens (tertiary/aromatic N) is 2. The van der Waals surface area contributed by atoms with Crippen LogP contribution in [0.3, 0.4) is 0 Å². The maximum absolute atomic E-state index is 5.91. The molecule has 2 aromatic carbocycles. The minimum absolute atomic E-state index is 0. The number of nitrogens with one attached hydrogen (secondary N) is 2. The average molecular weight is 483 g/mol. The third-order valence-corrected chi connectivity index (χ3v) is 4.43. The second kappa shape index (κ2) is 10.4. The lowest BCUT2D eigenvalue weighted by atomic mass is 10.2. The zero-order valence-electron chi connectivity index (χ0n) is 14.8. The second-order valence-electron chi connectivity index (χ2n) is 5.95. The number of benzene rings is 2. The monoisotopic (exact) mass is 482 g/mol. The van der Waals surface area contributed by atoms with E-state index in [0.717, 1.165) is 36.2 Å². The molecule has 0 atom stereocenters. The molecule has 3 rings (SSSR count). The van der Waals surface area contributed by atoms with Crippen molar-refractivity contribution in [3.63, 3.8) is 0 Å². The molecule has 6 heteroatoms. The van der Waals surface area contributed by atoms with Crippen LogP contribution in [0.25, 0.3) is 0 Å². The summed E-state index contributed by atoms with van der Waals surface area (Å²) in [6.07, 6.45) is 4.40. The van der Waals surface area contributed by atoms with Gasteiger partial charge in [-0.2, -0.15) is 0 Å². The van der Waals surface area contributed by atoms with Gasteiger partial charge in [0.2, 0.25) is 0 Å². The zero-order chi connectivity index (χ0) is 17.5. The van der Waals surface area contributed by atoms with E-state index in [1.54, 1.807) is 7.05 Å². The average Bonchev–Trinajstić information content (AvgIpc) is 3.18. The van der Waals surface area contributed by atoms with Gasteiger partial charge in [0.25, 0.3) is 0 Å². The van der Waals surface area contributed by atoms with Crippen LogP contribution in [0.5, 0.6) is 0 Å². The molecule has 0 amide bonds. The van der Waals surface area contributed by atoms with E-state index in [1.165, 1.54) is 11.3 Å². The lowest BCUT2D eigenvalue weighted by Crippen LogP contribution is -2.36. The fourth-order valence-corrected chi connectivity index (χ4v) is 2.83. The fourth-order valence-electron chi connectivity index (χ4n) is 2.71. The van der Waals surface area contributed by atoms with Gasteiger partial charge in [-0.05, 0) is 35.4 Å². The van der Waals surface area contributed by atoms with E-state index in [4.69, 9.17) is 11.6 Å². The maximum atomic E-state index is 5.91. The smallest absolute Gasteiger partial charge is 0.191 e. The van der Waals surface area contributed by atoms with Gasteiger partial charge < -0.3 is 15.5 Å². The van der Waals surface area contributed by atoms with Crippen LogP contribution in [-0.4, -0.2) is 26.1 Å². The van der Waals surface area contributed by atoms with Crippen molar-refractivity contribution in [1.29, 1.82) is 0 Å². The number of hydrogen-bond acceptors (Lipinski definition) is 2. The molecule has 1 aliphatic heterocycles. The highest BCUT2D eigenvalue weighted by molar-refractivity contribution is 14.0. The maximum Gasteiger partial charge on any atom is 0.191 e. The van der Waals surface area contributed by atoms with Crippen LogP contribution >= 0.6 is 35.6 Å². The first kappa shape index (κ1) is 20.6. The Morgan fingerprint density at radius 3 is 1.92 bits per heavy atom. The van der Waals surface area contributed by atoms with Crippen LogP contribution in [-0.2, 0) is 13.1 Å². The molecule has 0 saturated carbocycles. The molecule has 0 spiro atoms. The lowest BCUT2D eigenvalue weighted by molar-refractivity contribution is 0.809.